The Balaban J connectivity index is 1.85. The summed E-state index contributed by atoms with van der Waals surface area (Å²) in [5, 5.41) is 13.1. The highest BCUT2D eigenvalue weighted by molar-refractivity contribution is 5.93. The summed E-state index contributed by atoms with van der Waals surface area (Å²) in [7, 11) is 0. The smallest absolute Gasteiger partial charge is 0.408 e. The number of ether oxygens (including phenoxy) is 1. The normalized spacial score (nSPS) is 23.5. The molecular weight excluding hydrogens is 296 g/mol. The number of nitrogens with one attached hydrogen (secondary N) is 2. The molecule has 1 aromatic heterocycles. The van der Waals surface area contributed by atoms with Gasteiger partial charge < -0.3 is 20.1 Å². The lowest BCUT2D eigenvalue weighted by atomic mass is 10.1. The van der Waals surface area contributed by atoms with Gasteiger partial charge in [0.25, 0.3) is 0 Å². The van der Waals surface area contributed by atoms with Crippen LogP contribution in [0.4, 0.5) is 4.79 Å². The van der Waals surface area contributed by atoms with E-state index in [-0.39, 0.29) is 5.92 Å². The summed E-state index contributed by atoms with van der Waals surface area (Å²) in [4.78, 5) is 26.9. The average Bonchev–Trinajstić information content (AvgIpc) is 2.99. The zero-order valence-corrected chi connectivity index (χ0v) is 13.3. The van der Waals surface area contributed by atoms with Crippen molar-refractivity contribution in [3.63, 3.8) is 0 Å². The molecule has 1 amide bonds. The van der Waals surface area contributed by atoms with Gasteiger partial charge in [0.2, 0.25) is 0 Å². The van der Waals surface area contributed by atoms with Gasteiger partial charge >= 0.3 is 12.1 Å². The monoisotopic (exact) mass is 316 g/mol. The molecule has 1 saturated carbocycles. The van der Waals surface area contributed by atoms with Crippen LogP contribution in [-0.4, -0.2) is 33.3 Å². The number of carboxylic acid groups (broad SMARTS) is 1. The maximum absolute atomic E-state index is 12.0. The number of hydrogen-bond acceptors (Lipinski definition) is 3. The summed E-state index contributed by atoms with van der Waals surface area (Å²) in [5.41, 5.74) is -0.118. The van der Waals surface area contributed by atoms with Gasteiger partial charge in [-0.3, -0.25) is 0 Å². The molecule has 2 aromatic rings. The van der Waals surface area contributed by atoms with Gasteiger partial charge in [0.15, 0.2) is 0 Å². The second-order valence-corrected chi connectivity index (χ2v) is 6.95. The van der Waals surface area contributed by atoms with Crippen molar-refractivity contribution in [3.05, 3.63) is 36.0 Å². The molecule has 0 saturated heterocycles. The van der Waals surface area contributed by atoms with Crippen LogP contribution >= 0.6 is 0 Å². The minimum absolute atomic E-state index is 0.274. The number of fused-ring (bicyclic) bond motifs is 1. The maximum atomic E-state index is 12.0. The molecule has 0 unspecified atom stereocenters. The number of carbonyl (C=O) groups excluding carboxylic acids is 1. The number of carboxylic acids is 1. The summed E-state index contributed by atoms with van der Waals surface area (Å²) in [6.45, 7) is 5.22. The van der Waals surface area contributed by atoms with Gasteiger partial charge in [-0.2, -0.15) is 0 Å². The Kier molecular flexibility index (Phi) is 3.35. The van der Waals surface area contributed by atoms with Crippen LogP contribution in [0.15, 0.2) is 30.5 Å². The van der Waals surface area contributed by atoms with E-state index < -0.39 is 23.2 Å². The number of hydrogen-bond donors (Lipinski definition) is 3. The molecule has 0 bridgehead atoms. The molecular formula is C17H20N2O4. The van der Waals surface area contributed by atoms with Crippen molar-refractivity contribution in [1.29, 1.82) is 0 Å². The Hall–Kier alpha value is -2.50. The quantitative estimate of drug-likeness (QED) is 0.811. The third kappa shape index (κ3) is 2.76. The van der Waals surface area contributed by atoms with Gasteiger partial charge in [-0.25, -0.2) is 9.59 Å². The zero-order chi connectivity index (χ0) is 16.8. The van der Waals surface area contributed by atoms with Gasteiger partial charge in [-0.15, -0.1) is 0 Å². The molecule has 23 heavy (non-hydrogen) atoms. The SMILES string of the molecule is CC(C)(C)OC(=O)N[C@@]1(C(=O)O)C[C@H]1c1c[nH]c2ccccc12. The van der Waals surface area contributed by atoms with Crippen LogP contribution in [0.3, 0.4) is 0 Å². The molecule has 0 spiro atoms. The Labute approximate surface area is 133 Å². The molecule has 2 atom stereocenters. The van der Waals surface area contributed by atoms with Crippen molar-refractivity contribution >= 4 is 23.0 Å². The fraction of sp³-hybridized carbons (Fsp3) is 0.412. The van der Waals surface area contributed by atoms with Crippen molar-refractivity contribution in [2.24, 2.45) is 0 Å². The van der Waals surface area contributed by atoms with Crippen LogP contribution in [0, 0.1) is 0 Å². The van der Waals surface area contributed by atoms with Gasteiger partial charge in [0.05, 0.1) is 0 Å². The van der Waals surface area contributed by atoms with Gasteiger partial charge in [-0.05, 0) is 38.8 Å². The average molecular weight is 316 g/mol. The fourth-order valence-electron chi connectivity index (χ4n) is 2.93. The third-order valence-corrected chi connectivity index (χ3v) is 4.06. The van der Waals surface area contributed by atoms with Crippen molar-refractivity contribution in [3.8, 4) is 0 Å². The molecule has 0 radical (unpaired) electrons. The number of aromatic nitrogens is 1. The third-order valence-electron chi connectivity index (χ3n) is 4.06. The highest BCUT2D eigenvalue weighted by Crippen LogP contribution is 2.53. The fourth-order valence-corrected chi connectivity index (χ4v) is 2.93. The molecule has 1 aromatic carbocycles. The number of carbonyl (C=O) groups is 2. The van der Waals surface area contributed by atoms with Gasteiger partial charge in [0, 0.05) is 23.0 Å². The first-order chi connectivity index (χ1) is 10.7. The molecule has 122 valence electrons. The Morgan fingerprint density at radius 2 is 2.04 bits per heavy atom. The Morgan fingerprint density at radius 3 is 2.70 bits per heavy atom. The number of para-hydroxylation sites is 1. The Morgan fingerprint density at radius 1 is 1.35 bits per heavy atom. The van der Waals surface area contributed by atoms with Crippen molar-refractivity contribution < 1.29 is 19.4 Å². The zero-order valence-electron chi connectivity index (χ0n) is 13.3. The van der Waals surface area contributed by atoms with Crippen LogP contribution < -0.4 is 5.32 Å². The minimum atomic E-state index is -1.30. The highest BCUT2D eigenvalue weighted by Gasteiger charge is 2.63. The first-order valence-corrected chi connectivity index (χ1v) is 7.53. The lowest BCUT2D eigenvalue weighted by Crippen LogP contribution is -2.46. The molecule has 1 fully saturated rings. The van der Waals surface area contributed by atoms with E-state index >= 15 is 0 Å². The second kappa shape index (κ2) is 5.01. The van der Waals surface area contributed by atoms with Crippen molar-refractivity contribution in [2.75, 3.05) is 0 Å². The number of rotatable bonds is 3. The van der Waals surface area contributed by atoms with E-state index in [4.69, 9.17) is 4.74 Å². The summed E-state index contributed by atoms with van der Waals surface area (Å²) < 4.78 is 5.20. The number of alkyl carbamates (subject to hydrolysis) is 1. The van der Waals surface area contributed by atoms with E-state index in [1.54, 1.807) is 20.8 Å². The predicted molar refractivity (Wildman–Crippen MR) is 85.4 cm³/mol. The number of amides is 1. The van der Waals surface area contributed by atoms with E-state index in [0.29, 0.717) is 6.42 Å². The molecule has 1 aliphatic rings. The first kappa shape index (κ1) is 15.4. The topological polar surface area (TPSA) is 91.4 Å². The number of aromatic amines is 1. The van der Waals surface area contributed by atoms with Crippen LogP contribution in [0.2, 0.25) is 0 Å². The Bertz CT molecular complexity index is 774. The molecule has 6 nitrogen and oxygen atoms in total. The van der Waals surface area contributed by atoms with E-state index in [1.165, 1.54) is 0 Å². The molecule has 3 N–H and O–H groups in total. The van der Waals surface area contributed by atoms with Crippen LogP contribution in [0.5, 0.6) is 0 Å². The van der Waals surface area contributed by atoms with Crippen LogP contribution in [0.1, 0.15) is 38.7 Å². The van der Waals surface area contributed by atoms with Crippen LogP contribution in [0.25, 0.3) is 10.9 Å². The van der Waals surface area contributed by atoms with Gasteiger partial charge in [-0.1, -0.05) is 18.2 Å². The maximum Gasteiger partial charge on any atom is 0.408 e. The predicted octanol–water partition coefficient (Wildman–Crippen LogP) is 3.00. The molecule has 3 rings (SSSR count). The summed E-state index contributed by atoms with van der Waals surface area (Å²) >= 11 is 0. The summed E-state index contributed by atoms with van der Waals surface area (Å²) in [6.07, 6.45) is 1.46. The highest BCUT2D eigenvalue weighted by atomic mass is 16.6. The van der Waals surface area contributed by atoms with Crippen molar-refractivity contribution in [1.82, 2.24) is 10.3 Å². The molecule has 1 heterocycles. The van der Waals surface area contributed by atoms with Gasteiger partial charge in [0.1, 0.15) is 11.1 Å². The van der Waals surface area contributed by atoms with Crippen LogP contribution in [-0.2, 0) is 9.53 Å². The largest absolute Gasteiger partial charge is 0.479 e. The van der Waals surface area contributed by atoms with E-state index in [0.717, 1.165) is 16.5 Å². The second-order valence-electron chi connectivity index (χ2n) is 6.95. The van der Waals surface area contributed by atoms with E-state index in [1.807, 2.05) is 30.5 Å². The lowest BCUT2D eigenvalue weighted by molar-refractivity contribution is -0.140. The van der Waals surface area contributed by atoms with Crippen molar-refractivity contribution in [2.45, 2.75) is 44.2 Å². The molecule has 6 heteroatoms. The minimum Gasteiger partial charge on any atom is -0.479 e. The van der Waals surface area contributed by atoms with E-state index in [2.05, 4.69) is 10.3 Å². The number of benzene rings is 1. The molecule has 1 aliphatic carbocycles. The molecule has 0 aliphatic heterocycles. The summed E-state index contributed by atoms with van der Waals surface area (Å²) in [5.74, 6) is -1.32. The van der Waals surface area contributed by atoms with E-state index in [9.17, 15) is 14.7 Å². The summed E-state index contributed by atoms with van der Waals surface area (Å²) in [6, 6.07) is 7.70. The number of H-pyrrole nitrogens is 1. The standard InChI is InChI=1S/C17H20N2O4/c1-16(2,3)23-15(22)19-17(14(20)21)8-12(17)11-9-18-13-7-5-4-6-10(11)13/h4-7,9,12,18H,8H2,1-3H3,(H,19,22)(H,20,21)/t12-,17-/m0/s1. The first-order valence-electron chi connectivity index (χ1n) is 7.53. The lowest BCUT2D eigenvalue weighted by Gasteiger charge is -2.22. The number of aliphatic carboxylic acids is 1.